The molecule has 0 aliphatic heterocycles. The first-order chi connectivity index (χ1) is 15.0. The molecule has 0 spiro atoms. The fourth-order valence-electron chi connectivity index (χ4n) is 4.32. The Morgan fingerprint density at radius 2 is 2.03 bits per heavy atom. The molecule has 31 heavy (non-hydrogen) atoms. The number of rotatable bonds is 5. The zero-order chi connectivity index (χ0) is 21.5. The third-order valence-corrected chi connectivity index (χ3v) is 7.41. The van der Waals surface area contributed by atoms with E-state index in [1.54, 1.807) is 22.2 Å². The molecule has 160 valence electrons. The van der Waals surface area contributed by atoms with Crippen molar-refractivity contribution in [1.29, 1.82) is 0 Å². The van der Waals surface area contributed by atoms with Gasteiger partial charge in [-0.3, -0.25) is 14.3 Å². The van der Waals surface area contributed by atoms with E-state index in [1.165, 1.54) is 16.0 Å². The number of nitrogens with zero attached hydrogens (tertiary/aromatic N) is 5. The van der Waals surface area contributed by atoms with Crippen molar-refractivity contribution in [2.24, 2.45) is 0 Å². The molecule has 0 N–H and O–H groups in total. The molecule has 1 aromatic carbocycles. The second-order valence-electron chi connectivity index (χ2n) is 8.46. The molecular weight excluding hydrogens is 410 g/mol. The maximum atomic E-state index is 13.3. The lowest BCUT2D eigenvalue weighted by Gasteiger charge is -2.30. The molecule has 3 aromatic heterocycles. The van der Waals surface area contributed by atoms with Crippen LogP contribution < -0.4 is 5.56 Å². The molecule has 8 heteroatoms. The van der Waals surface area contributed by atoms with Gasteiger partial charge >= 0.3 is 0 Å². The molecule has 0 bridgehead atoms. The first kappa shape index (κ1) is 20.1. The summed E-state index contributed by atoms with van der Waals surface area (Å²) in [6.07, 6.45) is 4.52. The SMILES string of the molecule is Cc1ccc(Cn2cnc3sc4c(c3c2=O)CC[C@H](N(C)Cc2nonc2C)C4)cc1. The summed E-state index contributed by atoms with van der Waals surface area (Å²) in [6.45, 7) is 5.23. The van der Waals surface area contributed by atoms with Crippen LogP contribution in [0.1, 0.15) is 39.4 Å². The average molecular weight is 436 g/mol. The van der Waals surface area contributed by atoms with E-state index in [4.69, 9.17) is 4.63 Å². The van der Waals surface area contributed by atoms with Gasteiger partial charge in [0.2, 0.25) is 0 Å². The van der Waals surface area contributed by atoms with Gasteiger partial charge in [0, 0.05) is 17.5 Å². The normalized spacial score (nSPS) is 16.2. The standard InChI is InChI=1S/C23H25N5O2S/c1-14-4-6-16(7-5-14)11-28-13-24-22-21(23(28)29)18-9-8-17(10-20(18)31-22)27(3)12-19-15(2)25-30-26-19/h4-7,13,17H,8-12H2,1-3H3/t17-/m0/s1. The number of benzene rings is 1. The summed E-state index contributed by atoms with van der Waals surface area (Å²) < 4.78 is 6.57. The quantitative estimate of drug-likeness (QED) is 0.478. The van der Waals surface area contributed by atoms with Crippen molar-refractivity contribution >= 4 is 21.6 Å². The van der Waals surface area contributed by atoms with Gasteiger partial charge in [0.15, 0.2) is 0 Å². The topological polar surface area (TPSA) is 77.0 Å². The van der Waals surface area contributed by atoms with Gasteiger partial charge in [0.05, 0.1) is 18.3 Å². The molecule has 0 saturated heterocycles. The summed E-state index contributed by atoms with van der Waals surface area (Å²) in [4.78, 5) is 22.4. The summed E-state index contributed by atoms with van der Waals surface area (Å²) in [5, 5.41) is 8.70. The predicted molar refractivity (Wildman–Crippen MR) is 120 cm³/mol. The van der Waals surface area contributed by atoms with Gasteiger partial charge in [-0.25, -0.2) is 9.61 Å². The number of aromatic nitrogens is 4. The van der Waals surface area contributed by atoms with Crippen molar-refractivity contribution in [2.75, 3.05) is 7.05 Å². The van der Waals surface area contributed by atoms with E-state index in [-0.39, 0.29) is 5.56 Å². The summed E-state index contributed by atoms with van der Waals surface area (Å²) in [6, 6.07) is 8.69. The minimum Gasteiger partial charge on any atom is -0.297 e. The van der Waals surface area contributed by atoms with Crippen LogP contribution in [-0.2, 0) is 25.9 Å². The minimum atomic E-state index is 0.0687. The third-order valence-electron chi connectivity index (χ3n) is 6.25. The van der Waals surface area contributed by atoms with Crippen LogP contribution in [0.2, 0.25) is 0 Å². The molecule has 1 aliphatic carbocycles. The predicted octanol–water partition coefficient (Wildman–Crippen LogP) is 3.50. The van der Waals surface area contributed by atoms with Crippen molar-refractivity contribution in [1.82, 2.24) is 24.8 Å². The highest BCUT2D eigenvalue weighted by molar-refractivity contribution is 7.18. The van der Waals surface area contributed by atoms with Crippen molar-refractivity contribution < 1.29 is 4.63 Å². The van der Waals surface area contributed by atoms with Crippen molar-refractivity contribution in [3.63, 3.8) is 0 Å². The second-order valence-corrected chi connectivity index (χ2v) is 9.54. The highest BCUT2D eigenvalue weighted by Crippen LogP contribution is 2.35. The lowest BCUT2D eigenvalue weighted by atomic mass is 9.92. The molecule has 0 radical (unpaired) electrons. The molecule has 1 aliphatic rings. The molecule has 0 amide bonds. The summed E-state index contributed by atoms with van der Waals surface area (Å²) >= 11 is 1.67. The van der Waals surface area contributed by atoms with E-state index >= 15 is 0 Å². The Labute approximate surface area is 184 Å². The Balaban J connectivity index is 1.40. The Hall–Kier alpha value is -2.84. The van der Waals surface area contributed by atoms with Crippen molar-refractivity contribution in [3.8, 4) is 0 Å². The Morgan fingerprint density at radius 1 is 1.23 bits per heavy atom. The summed E-state index contributed by atoms with van der Waals surface area (Å²) in [5.74, 6) is 0. The highest BCUT2D eigenvalue weighted by atomic mass is 32.1. The van der Waals surface area contributed by atoms with Crippen LogP contribution in [-0.4, -0.2) is 37.9 Å². The largest absolute Gasteiger partial charge is 0.297 e. The third kappa shape index (κ3) is 3.81. The van der Waals surface area contributed by atoms with E-state index in [0.29, 0.717) is 19.1 Å². The van der Waals surface area contributed by atoms with E-state index in [1.807, 2.05) is 6.92 Å². The number of aryl methyl sites for hydroxylation is 3. The highest BCUT2D eigenvalue weighted by Gasteiger charge is 2.28. The van der Waals surface area contributed by atoms with Gasteiger partial charge in [-0.05, 0) is 51.3 Å². The zero-order valence-corrected chi connectivity index (χ0v) is 18.8. The lowest BCUT2D eigenvalue weighted by molar-refractivity contribution is 0.207. The van der Waals surface area contributed by atoms with E-state index < -0.39 is 0 Å². The molecule has 0 fully saturated rings. The molecule has 4 aromatic rings. The Kier molecular flexibility index (Phi) is 5.19. The summed E-state index contributed by atoms with van der Waals surface area (Å²) in [5.41, 5.74) is 5.30. The first-order valence-corrected chi connectivity index (χ1v) is 11.3. The van der Waals surface area contributed by atoms with Crippen LogP contribution in [0.15, 0.2) is 40.0 Å². The summed E-state index contributed by atoms with van der Waals surface area (Å²) in [7, 11) is 2.11. The fraction of sp³-hybridized carbons (Fsp3) is 0.391. The molecule has 7 nitrogen and oxygen atoms in total. The van der Waals surface area contributed by atoms with Crippen LogP contribution >= 0.6 is 11.3 Å². The number of thiophene rings is 1. The number of fused-ring (bicyclic) bond motifs is 3. The van der Waals surface area contributed by atoms with E-state index in [0.717, 1.165) is 46.4 Å². The van der Waals surface area contributed by atoms with E-state index in [2.05, 4.69) is 58.4 Å². The molecule has 1 atom stereocenters. The maximum absolute atomic E-state index is 13.3. The molecule has 0 saturated carbocycles. The fourth-order valence-corrected chi connectivity index (χ4v) is 5.57. The zero-order valence-electron chi connectivity index (χ0n) is 18.0. The second kappa shape index (κ2) is 8.01. The molecule has 3 heterocycles. The van der Waals surface area contributed by atoms with Gasteiger partial charge in [-0.2, -0.15) is 0 Å². The molecule has 0 unspecified atom stereocenters. The number of likely N-dealkylation sites (N-methyl/N-ethyl adjacent to an activating group) is 1. The smallest absolute Gasteiger partial charge is 0.262 e. The van der Waals surface area contributed by atoms with Crippen LogP contribution in [0, 0.1) is 13.8 Å². The Bertz CT molecular complexity index is 1290. The first-order valence-electron chi connectivity index (χ1n) is 10.5. The lowest BCUT2D eigenvalue weighted by Crippen LogP contribution is -2.36. The maximum Gasteiger partial charge on any atom is 0.262 e. The number of hydrogen-bond acceptors (Lipinski definition) is 7. The Morgan fingerprint density at radius 3 is 2.77 bits per heavy atom. The van der Waals surface area contributed by atoms with Crippen molar-refractivity contribution in [3.05, 3.63) is 73.9 Å². The average Bonchev–Trinajstić information content (AvgIpc) is 3.34. The monoisotopic (exact) mass is 435 g/mol. The molecular formula is C23H25N5O2S. The van der Waals surface area contributed by atoms with Crippen LogP contribution in [0.4, 0.5) is 0 Å². The number of hydrogen-bond donors (Lipinski definition) is 0. The van der Waals surface area contributed by atoms with Gasteiger partial charge in [-0.1, -0.05) is 40.1 Å². The van der Waals surface area contributed by atoms with Gasteiger partial charge in [0.25, 0.3) is 5.56 Å². The van der Waals surface area contributed by atoms with Crippen LogP contribution in [0.3, 0.4) is 0 Å². The minimum absolute atomic E-state index is 0.0687. The van der Waals surface area contributed by atoms with Crippen molar-refractivity contribution in [2.45, 2.75) is 52.2 Å². The van der Waals surface area contributed by atoms with Gasteiger partial charge in [-0.15, -0.1) is 11.3 Å². The van der Waals surface area contributed by atoms with E-state index in [9.17, 15) is 4.79 Å². The van der Waals surface area contributed by atoms with Gasteiger partial charge in [0.1, 0.15) is 16.2 Å². The molecule has 5 rings (SSSR count). The van der Waals surface area contributed by atoms with Gasteiger partial charge < -0.3 is 0 Å². The van der Waals surface area contributed by atoms with Crippen LogP contribution in [0.25, 0.3) is 10.2 Å². The van der Waals surface area contributed by atoms with Crippen LogP contribution in [0.5, 0.6) is 0 Å².